The van der Waals surface area contributed by atoms with Crippen LogP contribution in [0.15, 0.2) is 0 Å². The highest BCUT2D eigenvalue weighted by atomic mass is 16.5. The Morgan fingerprint density at radius 2 is 1.88 bits per heavy atom. The van der Waals surface area contributed by atoms with Crippen LogP contribution in [0.3, 0.4) is 0 Å². The fourth-order valence-electron chi connectivity index (χ4n) is 1.19. The van der Waals surface area contributed by atoms with Gasteiger partial charge in [-0.1, -0.05) is 0 Å². The summed E-state index contributed by atoms with van der Waals surface area (Å²) < 4.78 is 4.95. The van der Waals surface area contributed by atoms with Crippen molar-refractivity contribution in [1.82, 2.24) is 10.2 Å². The van der Waals surface area contributed by atoms with Crippen molar-refractivity contribution < 1.29 is 19.4 Å². The van der Waals surface area contributed by atoms with E-state index in [0.717, 1.165) is 0 Å². The summed E-state index contributed by atoms with van der Waals surface area (Å²) in [6, 6.07) is -0.778. The minimum atomic E-state index is -0.926. The zero-order valence-corrected chi connectivity index (χ0v) is 11.1. The Hall–Kier alpha value is -1.30. The first-order valence-electron chi connectivity index (χ1n) is 5.56. The zero-order valence-electron chi connectivity index (χ0n) is 11.1. The van der Waals surface area contributed by atoms with Crippen LogP contribution in [-0.2, 0) is 9.53 Å². The lowest BCUT2D eigenvalue weighted by Gasteiger charge is -2.27. The third-order valence-corrected chi connectivity index (χ3v) is 2.88. The number of carboxylic acids is 1. The van der Waals surface area contributed by atoms with E-state index >= 15 is 0 Å². The molecule has 100 valence electrons. The van der Waals surface area contributed by atoms with Crippen LogP contribution < -0.4 is 5.32 Å². The molecule has 2 amide bonds. The lowest BCUT2D eigenvalue weighted by atomic mass is 10.0. The van der Waals surface area contributed by atoms with E-state index in [1.807, 2.05) is 6.92 Å². The quantitative estimate of drug-likeness (QED) is 0.725. The second-order valence-electron chi connectivity index (χ2n) is 4.28. The molecule has 0 aromatic heterocycles. The summed E-state index contributed by atoms with van der Waals surface area (Å²) >= 11 is 0. The van der Waals surface area contributed by atoms with E-state index in [2.05, 4.69) is 5.32 Å². The van der Waals surface area contributed by atoms with Gasteiger partial charge in [0, 0.05) is 20.2 Å². The van der Waals surface area contributed by atoms with Crippen molar-refractivity contribution in [2.24, 2.45) is 5.92 Å². The number of nitrogens with zero attached hydrogens (tertiary/aromatic N) is 1. The maximum Gasteiger partial charge on any atom is 0.317 e. The first kappa shape index (κ1) is 15.7. The fraction of sp³-hybridized carbons (Fsp3) is 0.818. The van der Waals surface area contributed by atoms with Gasteiger partial charge in [0.2, 0.25) is 0 Å². The van der Waals surface area contributed by atoms with Crippen molar-refractivity contribution in [3.8, 4) is 0 Å². The molecule has 0 aromatic rings. The number of likely N-dealkylation sites (N-methyl/N-ethyl adjacent to an activating group) is 1. The molecule has 0 aliphatic rings. The van der Waals surface area contributed by atoms with E-state index in [1.54, 1.807) is 28.0 Å². The molecule has 0 spiro atoms. The van der Waals surface area contributed by atoms with Gasteiger partial charge in [-0.05, 0) is 20.8 Å². The highest BCUT2D eigenvalue weighted by Gasteiger charge is 2.23. The number of carboxylic acid groups (broad SMARTS) is 1. The third-order valence-electron chi connectivity index (χ3n) is 2.88. The Balaban J connectivity index is 4.29. The summed E-state index contributed by atoms with van der Waals surface area (Å²) in [6.45, 7) is 5.53. The van der Waals surface area contributed by atoms with Gasteiger partial charge < -0.3 is 20.1 Å². The van der Waals surface area contributed by atoms with E-state index in [4.69, 9.17) is 9.84 Å². The molecule has 3 atom stereocenters. The van der Waals surface area contributed by atoms with Crippen LogP contribution in [0, 0.1) is 5.92 Å². The van der Waals surface area contributed by atoms with Crippen LogP contribution in [0.4, 0.5) is 4.79 Å². The van der Waals surface area contributed by atoms with E-state index in [1.165, 1.54) is 4.90 Å². The molecule has 17 heavy (non-hydrogen) atoms. The van der Waals surface area contributed by atoms with Crippen molar-refractivity contribution >= 4 is 12.0 Å². The predicted octanol–water partition coefficient (Wildman–Crippen LogP) is 0.772. The lowest BCUT2D eigenvalue weighted by molar-refractivity contribution is -0.141. The molecule has 0 bridgehead atoms. The number of amides is 2. The molecule has 0 rings (SSSR count). The zero-order chi connectivity index (χ0) is 13.6. The number of carbonyl (C=O) groups is 2. The Kier molecular flexibility index (Phi) is 6.57. The van der Waals surface area contributed by atoms with E-state index in [9.17, 15) is 9.59 Å². The number of carbonyl (C=O) groups excluding carboxylic acids is 1. The second-order valence-corrected chi connectivity index (χ2v) is 4.28. The molecule has 0 fully saturated rings. The van der Waals surface area contributed by atoms with Crippen LogP contribution in [-0.4, -0.2) is 54.9 Å². The molecular formula is C11H22N2O4. The monoisotopic (exact) mass is 246 g/mol. The smallest absolute Gasteiger partial charge is 0.317 e. The minimum absolute atomic E-state index is 0.0627. The van der Waals surface area contributed by atoms with E-state index < -0.39 is 17.9 Å². The molecule has 0 aliphatic heterocycles. The van der Waals surface area contributed by atoms with Gasteiger partial charge in [-0.15, -0.1) is 0 Å². The van der Waals surface area contributed by atoms with Gasteiger partial charge in [0.25, 0.3) is 0 Å². The Morgan fingerprint density at radius 3 is 2.29 bits per heavy atom. The largest absolute Gasteiger partial charge is 0.481 e. The summed E-state index contributed by atoms with van der Waals surface area (Å²) in [5.41, 5.74) is 0. The van der Waals surface area contributed by atoms with Crippen molar-refractivity contribution in [3.63, 3.8) is 0 Å². The van der Waals surface area contributed by atoms with Crippen LogP contribution in [0.5, 0.6) is 0 Å². The average molecular weight is 246 g/mol. The number of nitrogens with one attached hydrogen (secondary N) is 1. The highest BCUT2D eigenvalue weighted by Crippen LogP contribution is 2.04. The molecule has 2 N–H and O–H groups in total. The SMILES string of the molecule is COCC(C)N(C)C(=O)NC(C)C(C)C(=O)O. The number of hydrogen-bond donors (Lipinski definition) is 2. The van der Waals surface area contributed by atoms with Gasteiger partial charge in [-0.3, -0.25) is 4.79 Å². The summed E-state index contributed by atoms with van der Waals surface area (Å²) in [6.07, 6.45) is 0. The van der Waals surface area contributed by atoms with Gasteiger partial charge in [-0.2, -0.15) is 0 Å². The Bertz CT molecular complexity index is 270. The number of ether oxygens (including phenoxy) is 1. The fourth-order valence-corrected chi connectivity index (χ4v) is 1.19. The standard InChI is InChI=1S/C11H22N2O4/c1-7(6-17-5)13(4)11(16)12-9(3)8(2)10(14)15/h7-9H,6H2,1-5H3,(H,12,16)(H,14,15). The van der Waals surface area contributed by atoms with Gasteiger partial charge in [-0.25, -0.2) is 4.79 Å². The van der Waals surface area contributed by atoms with Crippen LogP contribution >= 0.6 is 0 Å². The summed E-state index contributed by atoms with van der Waals surface area (Å²) in [5, 5.41) is 11.5. The molecule has 6 nitrogen and oxygen atoms in total. The molecule has 0 saturated heterocycles. The van der Waals surface area contributed by atoms with E-state index in [0.29, 0.717) is 6.61 Å². The number of urea groups is 1. The van der Waals surface area contributed by atoms with Gasteiger partial charge in [0.15, 0.2) is 0 Å². The van der Waals surface area contributed by atoms with Crippen molar-refractivity contribution in [3.05, 3.63) is 0 Å². The average Bonchev–Trinajstić information content (AvgIpc) is 2.26. The lowest BCUT2D eigenvalue weighted by Crippen LogP contribution is -2.49. The highest BCUT2D eigenvalue weighted by molar-refractivity contribution is 5.76. The van der Waals surface area contributed by atoms with Gasteiger partial charge >= 0.3 is 12.0 Å². The molecule has 0 heterocycles. The van der Waals surface area contributed by atoms with Gasteiger partial charge in [0.05, 0.1) is 18.6 Å². The number of methoxy groups -OCH3 is 1. The molecular weight excluding hydrogens is 224 g/mol. The third kappa shape index (κ3) is 5.04. The molecule has 0 aromatic carbocycles. The number of rotatable bonds is 6. The van der Waals surface area contributed by atoms with Crippen molar-refractivity contribution in [1.29, 1.82) is 0 Å². The van der Waals surface area contributed by atoms with Crippen molar-refractivity contribution in [2.75, 3.05) is 20.8 Å². The van der Waals surface area contributed by atoms with Crippen LogP contribution in [0.25, 0.3) is 0 Å². The molecule has 3 unspecified atom stereocenters. The summed E-state index contributed by atoms with van der Waals surface area (Å²) in [4.78, 5) is 24.0. The Morgan fingerprint density at radius 1 is 1.35 bits per heavy atom. The second kappa shape index (κ2) is 7.11. The van der Waals surface area contributed by atoms with Crippen LogP contribution in [0.2, 0.25) is 0 Å². The number of hydrogen-bond acceptors (Lipinski definition) is 3. The van der Waals surface area contributed by atoms with E-state index in [-0.39, 0.29) is 12.1 Å². The Labute approximate surface area is 102 Å². The predicted molar refractivity (Wildman–Crippen MR) is 63.9 cm³/mol. The topological polar surface area (TPSA) is 78.9 Å². The maximum absolute atomic E-state index is 11.8. The summed E-state index contributed by atoms with van der Waals surface area (Å²) in [7, 11) is 3.22. The normalized spacial score (nSPS) is 15.8. The minimum Gasteiger partial charge on any atom is -0.481 e. The first-order valence-corrected chi connectivity index (χ1v) is 5.56. The molecule has 6 heteroatoms. The maximum atomic E-state index is 11.8. The number of aliphatic carboxylic acids is 1. The summed E-state index contributed by atoms with van der Waals surface area (Å²) in [5.74, 6) is -1.55. The van der Waals surface area contributed by atoms with Crippen LogP contribution in [0.1, 0.15) is 20.8 Å². The van der Waals surface area contributed by atoms with Gasteiger partial charge in [0.1, 0.15) is 0 Å². The molecule has 0 aliphatic carbocycles. The molecule has 0 radical (unpaired) electrons. The van der Waals surface area contributed by atoms with Crippen molar-refractivity contribution in [2.45, 2.75) is 32.9 Å². The first-order chi connectivity index (χ1) is 7.81. The molecule has 0 saturated carbocycles.